The standard InChI is InChI=1S/C10H11BrN4/c1-12-6-10-14-13-7-15(10)9-4-2-3-8(11)5-9/h2-5,7,12H,6H2,1H3. The van der Waals surface area contributed by atoms with Crippen molar-refractivity contribution in [2.24, 2.45) is 0 Å². The summed E-state index contributed by atoms with van der Waals surface area (Å²) in [6.45, 7) is 0.701. The van der Waals surface area contributed by atoms with Gasteiger partial charge in [0.2, 0.25) is 0 Å². The third-order valence-corrected chi connectivity index (χ3v) is 2.53. The first kappa shape index (κ1) is 10.3. The van der Waals surface area contributed by atoms with Crippen molar-refractivity contribution >= 4 is 15.9 Å². The van der Waals surface area contributed by atoms with Crippen LogP contribution >= 0.6 is 15.9 Å². The average Bonchev–Trinajstić information content (AvgIpc) is 2.66. The van der Waals surface area contributed by atoms with Gasteiger partial charge in [0, 0.05) is 10.2 Å². The summed E-state index contributed by atoms with van der Waals surface area (Å²) in [7, 11) is 1.89. The van der Waals surface area contributed by atoms with Crippen LogP contribution in [0, 0.1) is 0 Å². The van der Waals surface area contributed by atoms with Crippen LogP contribution in [-0.2, 0) is 6.54 Å². The Bertz CT molecular complexity index is 452. The monoisotopic (exact) mass is 266 g/mol. The molecular weight excluding hydrogens is 256 g/mol. The molecule has 0 fully saturated rings. The minimum atomic E-state index is 0.701. The molecule has 2 rings (SSSR count). The van der Waals surface area contributed by atoms with E-state index in [2.05, 4.69) is 31.4 Å². The van der Waals surface area contributed by atoms with Crippen molar-refractivity contribution in [2.45, 2.75) is 6.54 Å². The van der Waals surface area contributed by atoms with Crippen LogP contribution in [0.25, 0.3) is 5.69 Å². The molecule has 0 saturated carbocycles. The fourth-order valence-electron chi connectivity index (χ4n) is 1.38. The van der Waals surface area contributed by atoms with Crippen molar-refractivity contribution in [1.82, 2.24) is 20.1 Å². The zero-order valence-electron chi connectivity index (χ0n) is 8.31. The van der Waals surface area contributed by atoms with Gasteiger partial charge in [-0.15, -0.1) is 10.2 Å². The molecule has 0 atom stereocenters. The van der Waals surface area contributed by atoms with Crippen molar-refractivity contribution in [3.8, 4) is 5.69 Å². The number of hydrogen-bond donors (Lipinski definition) is 1. The number of hydrogen-bond acceptors (Lipinski definition) is 3. The molecule has 1 heterocycles. The number of halogens is 1. The number of rotatable bonds is 3. The molecule has 0 aliphatic carbocycles. The first-order valence-corrected chi connectivity index (χ1v) is 5.40. The summed E-state index contributed by atoms with van der Waals surface area (Å²) in [4.78, 5) is 0. The lowest BCUT2D eigenvalue weighted by atomic mass is 10.3. The minimum Gasteiger partial charge on any atom is -0.313 e. The Balaban J connectivity index is 2.40. The van der Waals surface area contributed by atoms with Gasteiger partial charge in [-0.1, -0.05) is 22.0 Å². The van der Waals surface area contributed by atoms with Gasteiger partial charge >= 0.3 is 0 Å². The lowest BCUT2D eigenvalue weighted by molar-refractivity contribution is 0.737. The zero-order chi connectivity index (χ0) is 10.7. The van der Waals surface area contributed by atoms with Crippen LogP contribution in [0.2, 0.25) is 0 Å². The van der Waals surface area contributed by atoms with Crippen molar-refractivity contribution in [2.75, 3.05) is 7.05 Å². The third kappa shape index (κ3) is 2.24. The lowest BCUT2D eigenvalue weighted by Crippen LogP contribution is -2.11. The third-order valence-electron chi connectivity index (χ3n) is 2.04. The van der Waals surface area contributed by atoms with Crippen LogP contribution < -0.4 is 5.32 Å². The number of nitrogens with one attached hydrogen (secondary N) is 1. The van der Waals surface area contributed by atoms with Gasteiger partial charge in [-0.05, 0) is 25.2 Å². The van der Waals surface area contributed by atoms with Gasteiger partial charge in [0.15, 0.2) is 5.82 Å². The van der Waals surface area contributed by atoms with E-state index >= 15 is 0 Å². The second kappa shape index (κ2) is 4.55. The quantitative estimate of drug-likeness (QED) is 0.921. The van der Waals surface area contributed by atoms with Gasteiger partial charge in [-0.25, -0.2) is 0 Å². The average molecular weight is 267 g/mol. The molecule has 0 bridgehead atoms. The fraction of sp³-hybridized carbons (Fsp3) is 0.200. The van der Waals surface area contributed by atoms with Crippen LogP contribution in [-0.4, -0.2) is 21.8 Å². The van der Waals surface area contributed by atoms with Crippen molar-refractivity contribution in [3.63, 3.8) is 0 Å². The highest BCUT2D eigenvalue weighted by atomic mass is 79.9. The number of aromatic nitrogens is 3. The normalized spacial score (nSPS) is 10.5. The van der Waals surface area contributed by atoms with Gasteiger partial charge in [0.1, 0.15) is 6.33 Å². The maximum absolute atomic E-state index is 4.05. The Morgan fingerprint density at radius 2 is 2.33 bits per heavy atom. The van der Waals surface area contributed by atoms with E-state index in [-0.39, 0.29) is 0 Å². The van der Waals surface area contributed by atoms with E-state index in [1.54, 1.807) is 6.33 Å². The largest absolute Gasteiger partial charge is 0.313 e. The molecule has 0 unspecified atom stereocenters. The van der Waals surface area contributed by atoms with E-state index in [4.69, 9.17) is 0 Å². The maximum atomic E-state index is 4.05. The van der Waals surface area contributed by atoms with E-state index in [1.165, 1.54) is 0 Å². The first-order chi connectivity index (χ1) is 7.31. The van der Waals surface area contributed by atoms with E-state index in [1.807, 2.05) is 35.9 Å². The van der Waals surface area contributed by atoms with Gasteiger partial charge in [0.25, 0.3) is 0 Å². The summed E-state index contributed by atoms with van der Waals surface area (Å²) in [6.07, 6.45) is 1.72. The van der Waals surface area contributed by atoms with Crippen LogP contribution in [0.3, 0.4) is 0 Å². The lowest BCUT2D eigenvalue weighted by Gasteiger charge is -2.06. The van der Waals surface area contributed by atoms with Crippen LogP contribution in [0.5, 0.6) is 0 Å². The maximum Gasteiger partial charge on any atom is 0.151 e. The van der Waals surface area contributed by atoms with Crippen LogP contribution in [0.15, 0.2) is 35.1 Å². The molecule has 0 radical (unpaired) electrons. The fourth-order valence-corrected chi connectivity index (χ4v) is 1.77. The van der Waals surface area contributed by atoms with Crippen LogP contribution in [0.4, 0.5) is 0 Å². The molecule has 2 aromatic rings. The van der Waals surface area contributed by atoms with Crippen LogP contribution in [0.1, 0.15) is 5.82 Å². The molecule has 4 nitrogen and oxygen atoms in total. The van der Waals surface area contributed by atoms with Crippen molar-refractivity contribution < 1.29 is 0 Å². The summed E-state index contributed by atoms with van der Waals surface area (Å²) in [5, 5.41) is 11.0. The van der Waals surface area contributed by atoms with Gasteiger partial charge in [0.05, 0.1) is 6.54 Å². The predicted octanol–water partition coefficient (Wildman–Crippen LogP) is 1.75. The topological polar surface area (TPSA) is 42.7 Å². The molecule has 1 aromatic carbocycles. The zero-order valence-corrected chi connectivity index (χ0v) is 9.90. The molecule has 5 heteroatoms. The SMILES string of the molecule is CNCc1nncn1-c1cccc(Br)c1. The minimum absolute atomic E-state index is 0.701. The Kier molecular flexibility index (Phi) is 3.13. The summed E-state index contributed by atoms with van der Waals surface area (Å²) < 4.78 is 3.01. The molecule has 0 amide bonds. The highest BCUT2D eigenvalue weighted by Crippen LogP contribution is 2.16. The highest BCUT2D eigenvalue weighted by molar-refractivity contribution is 9.10. The van der Waals surface area contributed by atoms with E-state index in [9.17, 15) is 0 Å². The Morgan fingerprint density at radius 3 is 3.07 bits per heavy atom. The van der Waals surface area contributed by atoms with Gasteiger partial charge in [-0.3, -0.25) is 4.57 Å². The molecule has 1 aromatic heterocycles. The Morgan fingerprint density at radius 1 is 1.47 bits per heavy atom. The molecule has 15 heavy (non-hydrogen) atoms. The van der Waals surface area contributed by atoms with E-state index < -0.39 is 0 Å². The van der Waals surface area contributed by atoms with Crippen molar-refractivity contribution in [1.29, 1.82) is 0 Å². The molecular formula is C10H11BrN4. The first-order valence-electron chi connectivity index (χ1n) is 4.60. The molecule has 78 valence electrons. The second-order valence-corrected chi connectivity index (χ2v) is 4.04. The van der Waals surface area contributed by atoms with E-state index in [0.29, 0.717) is 6.54 Å². The second-order valence-electron chi connectivity index (χ2n) is 3.13. The highest BCUT2D eigenvalue weighted by Gasteiger charge is 2.04. The van der Waals surface area contributed by atoms with Gasteiger partial charge in [-0.2, -0.15) is 0 Å². The van der Waals surface area contributed by atoms with E-state index in [0.717, 1.165) is 16.0 Å². The summed E-state index contributed by atoms with van der Waals surface area (Å²) >= 11 is 3.44. The van der Waals surface area contributed by atoms with Gasteiger partial charge < -0.3 is 5.32 Å². The summed E-state index contributed by atoms with van der Waals surface area (Å²) in [5.74, 6) is 0.899. The molecule has 0 saturated heterocycles. The molecule has 1 N–H and O–H groups in total. The molecule has 0 aliphatic heterocycles. The van der Waals surface area contributed by atoms with Crippen molar-refractivity contribution in [3.05, 3.63) is 40.9 Å². The summed E-state index contributed by atoms with van der Waals surface area (Å²) in [6, 6.07) is 8.03. The molecule has 0 aliphatic rings. The summed E-state index contributed by atoms with van der Waals surface area (Å²) in [5.41, 5.74) is 1.06. The predicted molar refractivity (Wildman–Crippen MR) is 61.8 cm³/mol. The Labute approximate surface area is 96.5 Å². The number of nitrogens with zero attached hydrogens (tertiary/aromatic N) is 3. The smallest absolute Gasteiger partial charge is 0.151 e. The Hall–Kier alpha value is -1.20. The molecule has 0 spiro atoms. The number of benzene rings is 1.